The molecule has 0 heterocycles. The van der Waals surface area contributed by atoms with Crippen LogP contribution in [0.5, 0.6) is 0 Å². The molecule has 0 amide bonds. The zero-order valence-electron chi connectivity index (χ0n) is 11.1. The number of benzene rings is 1. The third kappa shape index (κ3) is 6.99. The zero-order valence-corrected chi connectivity index (χ0v) is 12.8. The van der Waals surface area contributed by atoms with Crippen LogP contribution in [0.2, 0.25) is 0 Å². The highest BCUT2D eigenvalue weighted by Crippen LogP contribution is 2.14. The number of azide groups is 2. The van der Waals surface area contributed by atoms with Crippen molar-refractivity contribution in [3.63, 3.8) is 0 Å². The van der Waals surface area contributed by atoms with Crippen molar-refractivity contribution in [3.8, 4) is 0 Å². The van der Waals surface area contributed by atoms with Crippen LogP contribution in [0.3, 0.4) is 0 Å². The van der Waals surface area contributed by atoms with E-state index in [-0.39, 0.29) is 10.5 Å². The molecule has 0 aliphatic heterocycles. The first-order valence-corrected chi connectivity index (χ1v) is 7.95. The van der Waals surface area contributed by atoms with E-state index >= 15 is 0 Å². The Labute approximate surface area is 133 Å². The molecular formula is C7H5N9O6S2. The number of hydrogen-bond donors (Lipinski definition) is 1. The predicted molar refractivity (Wildman–Crippen MR) is 76.9 cm³/mol. The Morgan fingerprint density at radius 2 is 1.46 bits per heavy atom. The lowest BCUT2D eigenvalue weighted by Gasteiger charge is -1.98. The van der Waals surface area contributed by atoms with E-state index in [1.165, 1.54) is 12.1 Å². The van der Waals surface area contributed by atoms with E-state index in [1.807, 2.05) is 9.82 Å². The van der Waals surface area contributed by atoms with Crippen LogP contribution in [0, 0.1) is 0 Å². The van der Waals surface area contributed by atoms with Crippen molar-refractivity contribution < 1.29 is 26.7 Å². The molecule has 126 valence electrons. The predicted octanol–water partition coefficient (Wildman–Crippen LogP) is 2.24. The highest BCUT2D eigenvalue weighted by atomic mass is 32.2. The average Bonchev–Trinajstić information content (AvgIpc) is 2.47. The maximum atomic E-state index is 11.2. The van der Waals surface area contributed by atoms with Crippen molar-refractivity contribution in [3.05, 3.63) is 61.2 Å². The van der Waals surface area contributed by atoms with Crippen molar-refractivity contribution in [2.45, 2.75) is 4.90 Å². The molecule has 1 aromatic rings. The van der Waals surface area contributed by atoms with E-state index in [0.29, 0.717) is 0 Å². The molecule has 0 unspecified atom stereocenters. The summed E-state index contributed by atoms with van der Waals surface area (Å²) in [5, 5.41) is 8.61. The molecule has 17 heteroatoms. The maximum Gasteiger partial charge on any atom is 0.335 e. The first-order chi connectivity index (χ1) is 11.1. The van der Waals surface area contributed by atoms with Gasteiger partial charge in [-0.2, -0.15) is 0 Å². The summed E-state index contributed by atoms with van der Waals surface area (Å²) >= 11 is 0. The molecule has 1 N–H and O–H groups in total. The van der Waals surface area contributed by atoms with Crippen molar-refractivity contribution in [2.75, 3.05) is 0 Å². The molecule has 15 nitrogen and oxygen atoms in total. The minimum absolute atomic E-state index is 0.191. The smallest absolute Gasteiger partial charge is 0.335 e. The number of hydrogen-bond acceptors (Lipinski definition) is 5. The van der Waals surface area contributed by atoms with Gasteiger partial charge in [0.05, 0.1) is 10.5 Å². The van der Waals surface area contributed by atoms with Crippen LogP contribution in [0.25, 0.3) is 31.3 Å². The first-order valence-electron chi connectivity index (χ1n) is 5.12. The molecule has 1 aromatic carbocycles. The SMILES string of the molecule is [N-]=[N+]=NS(=O)(=O)N=[N+]=[N-].[N-]=[N+]=NS(=O)(=O)c1cccc(C(=O)O)c1. The third-order valence-electron chi connectivity index (χ3n) is 1.80. The number of sulfonamides is 1. The Hall–Kier alpha value is -3.48. The number of aromatic carboxylic acids is 1. The van der Waals surface area contributed by atoms with Gasteiger partial charge in [0.1, 0.15) is 0 Å². The molecule has 0 bridgehead atoms. The summed E-state index contributed by atoms with van der Waals surface area (Å²) in [5.41, 5.74) is 22.9. The number of carboxylic acid groups (broad SMARTS) is 1. The minimum Gasteiger partial charge on any atom is -0.478 e. The highest BCUT2D eigenvalue weighted by Gasteiger charge is 2.13. The quantitative estimate of drug-likeness (QED) is 0.458. The van der Waals surface area contributed by atoms with Crippen LogP contribution < -0.4 is 0 Å². The second kappa shape index (κ2) is 8.84. The van der Waals surface area contributed by atoms with E-state index in [0.717, 1.165) is 12.1 Å². The largest absolute Gasteiger partial charge is 0.478 e. The lowest BCUT2D eigenvalue weighted by Crippen LogP contribution is -2.00. The van der Waals surface area contributed by atoms with Crippen molar-refractivity contribution in [1.29, 1.82) is 0 Å². The Balaban J connectivity index is 0.000000506. The Morgan fingerprint density at radius 3 is 1.88 bits per heavy atom. The zero-order chi connectivity index (χ0) is 18.8. The number of carbonyl (C=O) groups is 1. The molecule has 0 saturated heterocycles. The topological polar surface area (TPSA) is 252 Å². The van der Waals surface area contributed by atoms with E-state index < -0.39 is 26.2 Å². The molecule has 0 radical (unpaired) electrons. The van der Waals surface area contributed by atoms with Gasteiger partial charge in [-0.3, -0.25) is 0 Å². The van der Waals surface area contributed by atoms with Gasteiger partial charge in [0.15, 0.2) is 0 Å². The molecule has 0 atom stereocenters. The van der Waals surface area contributed by atoms with Gasteiger partial charge in [0.25, 0.3) is 10.0 Å². The molecular weight excluding hydrogens is 370 g/mol. The van der Waals surface area contributed by atoms with Crippen LogP contribution in [-0.2, 0) is 20.2 Å². The maximum absolute atomic E-state index is 11.2. The van der Waals surface area contributed by atoms with Crippen molar-refractivity contribution >= 4 is 26.2 Å². The highest BCUT2D eigenvalue weighted by molar-refractivity contribution is 7.90. The number of nitrogens with zero attached hydrogens (tertiary/aromatic N) is 9. The van der Waals surface area contributed by atoms with Gasteiger partial charge >= 0.3 is 16.2 Å². The molecule has 24 heavy (non-hydrogen) atoms. The standard InChI is InChI=1S/C7H5N3O4S.N6O2S/c8-9-10-15(13,14)6-3-1-2-5(4-6)7(11)12;1-3-5-9(7,8)6-4-2/h1-4H,(H,11,12);. The number of rotatable bonds is 5. The Bertz CT molecular complexity index is 957. The van der Waals surface area contributed by atoms with Gasteiger partial charge in [-0.05, 0) is 34.8 Å². The lowest BCUT2D eigenvalue weighted by atomic mass is 10.2. The Kier molecular flexibility index (Phi) is 7.56. The van der Waals surface area contributed by atoms with Crippen LogP contribution in [0.4, 0.5) is 0 Å². The fraction of sp³-hybridized carbons (Fsp3) is 0. The molecule has 1 rings (SSSR count). The molecule has 0 aromatic heterocycles. The monoisotopic (exact) mass is 375 g/mol. The second-order valence-corrected chi connectivity index (χ2v) is 6.08. The summed E-state index contributed by atoms with van der Waals surface area (Å²) in [6.45, 7) is 0. The summed E-state index contributed by atoms with van der Waals surface area (Å²) < 4.78 is 49.3. The van der Waals surface area contributed by atoms with Gasteiger partial charge in [-0.25, -0.2) is 21.6 Å². The van der Waals surface area contributed by atoms with Crippen LogP contribution in [-0.4, -0.2) is 27.9 Å². The average molecular weight is 375 g/mol. The van der Waals surface area contributed by atoms with Crippen LogP contribution in [0.15, 0.2) is 42.7 Å². The van der Waals surface area contributed by atoms with Crippen molar-refractivity contribution in [2.24, 2.45) is 13.6 Å². The fourth-order valence-electron chi connectivity index (χ4n) is 0.993. The molecule has 0 aliphatic rings. The molecule has 0 saturated carbocycles. The van der Waals surface area contributed by atoms with E-state index in [9.17, 15) is 21.6 Å². The van der Waals surface area contributed by atoms with Crippen molar-refractivity contribution in [1.82, 2.24) is 0 Å². The van der Waals surface area contributed by atoms with Gasteiger partial charge in [-0.15, -0.1) is 0 Å². The normalized spacial score (nSPS) is 9.83. The molecule has 0 aliphatic carbocycles. The molecule has 0 fully saturated rings. The van der Waals surface area contributed by atoms with Crippen LogP contribution >= 0.6 is 0 Å². The second-order valence-electron chi connectivity index (χ2n) is 3.27. The fourth-order valence-corrected chi connectivity index (χ4v) is 1.93. The number of carboxylic acids is 1. The lowest BCUT2D eigenvalue weighted by molar-refractivity contribution is 0.0696. The summed E-state index contributed by atoms with van der Waals surface area (Å²) in [6.07, 6.45) is 0. The molecule has 0 spiro atoms. The summed E-state index contributed by atoms with van der Waals surface area (Å²) in [4.78, 5) is 16.1. The van der Waals surface area contributed by atoms with E-state index in [4.69, 9.17) is 21.7 Å². The van der Waals surface area contributed by atoms with E-state index in [1.54, 1.807) is 0 Å². The summed E-state index contributed by atoms with van der Waals surface area (Å²) in [5.74, 6) is -1.26. The third-order valence-corrected chi connectivity index (χ3v) is 3.50. The first kappa shape index (κ1) is 20.5. The summed E-state index contributed by atoms with van der Waals surface area (Å²) in [7, 11) is -8.39. The van der Waals surface area contributed by atoms with Gasteiger partial charge in [0.2, 0.25) is 0 Å². The summed E-state index contributed by atoms with van der Waals surface area (Å²) in [6, 6.07) is 4.56. The van der Waals surface area contributed by atoms with E-state index in [2.05, 4.69) is 18.5 Å². The van der Waals surface area contributed by atoms with Gasteiger partial charge < -0.3 is 5.11 Å². The minimum atomic E-state index is -4.27. The van der Waals surface area contributed by atoms with Gasteiger partial charge in [-0.1, -0.05) is 6.07 Å². The van der Waals surface area contributed by atoms with Crippen LogP contribution in [0.1, 0.15) is 10.4 Å². The van der Waals surface area contributed by atoms with Gasteiger partial charge in [0, 0.05) is 28.3 Å². The Morgan fingerprint density at radius 1 is 0.958 bits per heavy atom.